The third-order valence-corrected chi connectivity index (χ3v) is 2.19. The molecule has 1 heterocycles. The fraction of sp³-hybridized carbons (Fsp3) is 0.0909. The van der Waals surface area contributed by atoms with Crippen LogP contribution in [-0.2, 0) is 4.74 Å². The number of methoxy groups -OCH3 is 1. The first kappa shape index (κ1) is 9.45. The first-order chi connectivity index (χ1) is 7.20. The van der Waals surface area contributed by atoms with E-state index < -0.39 is 0 Å². The van der Waals surface area contributed by atoms with E-state index in [1.165, 1.54) is 13.3 Å². The van der Waals surface area contributed by atoms with Gasteiger partial charge < -0.3 is 4.74 Å². The molecule has 0 amide bonds. The van der Waals surface area contributed by atoms with Crippen LogP contribution in [0.25, 0.3) is 10.8 Å². The van der Waals surface area contributed by atoms with Crippen molar-refractivity contribution in [1.29, 1.82) is 0 Å². The molecular formula is C11H10NO3+. The van der Waals surface area contributed by atoms with Gasteiger partial charge in [-0.25, -0.2) is 4.79 Å². The number of carbonyl (C=O) groups excluding carboxylic acids is 1. The smallest absolute Gasteiger partial charge is 0.337 e. The standard InChI is InChI=1S/C11H10NO3/c1-15-11(13)9-2-3-10-7-12(14)5-4-8(10)6-9/h2-7,14H,1H3/q+1. The van der Waals surface area contributed by atoms with Crippen LogP contribution >= 0.6 is 0 Å². The van der Waals surface area contributed by atoms with Crippen molar-refractivity contribution in [3.05, 3.63) is 42.2 Å². The maximum Gasteiger partial charge on any atom is 0.337 e. The van der Waals surface area contributed by atoms with E-state index in [0.717, 1.165) is 15.5 Å². The lowest BCUT2D eigenvalue weighted by atomic mass is 10.1. The van der Waals surface area contributed by atoms with Crippen LogP contribution in [0.2, 0.25) is 0 Å². The number of nitrogens with zero attached hydrogens (tertiary/aromatic N) is 1. The lowest BCUT2D eigenvalue weighted by Gasteiger charge is -1.99. The molecule has 4 heteroatoms. The van der Waals surface area contributed by atoms with Gasteiger partial charge in [-0.05, 0) is 23.6 Å². The molecule has 0 atom stereocenters. The quantitative estimate of drug-likeness (QED) is 0.430. The second kappa shape index (κ2) is 3.57. The van der Waals surface area contributed by atoms with Gasteiger partial charge in [0.15, 0.2) is 0 Å². The van der Waals surface area contributed by atoms with Gasteiger partial charge in [-0.3, -0.25) is 5.21 Å². The first-order valence-corrected chi connectivity index (χ1v) is 4.43. The minimum atomic E-state index is -0.363. The van der Waals surface area contributed by atoms with Crippen molar-refractivity contribution >= 4 is 16.7 Å². The van der Waals surface area contributed by atoms with Gasteiger partial charge in [0.2, 0.25) is 12.4 Å². The first-order valence-electron chi connectivity index (χ1n) is 4.43. The Morgan fingerprint density at radius 3 is 2.87 bits per heavy atom. The molecule has 0 saturated heterocycles. The maximum absolute atomic E-state index is 11.2. The van der Waals surface area contributed by atoms with E-state index in [1.807, 2.05) is 0 Å². The van der Waals surface area contributed by atoms with Crippen molar-refractivity contribution in [2.75, 3.05) is 7.11 Å². The summed E-state index contributed by atoms with van der Waals surface area (Å²) >= 11 is 0. The number of hydrogen-bond donors (Lipinski definition) is 1. The van der Waals surface area contributed by atoms with Crippen LogP contribution in [0.4, 0.5) is 0 Å². The molecule has 2 aromatic rings. The van der Waals surface area contributed by atoms with Crippen LogP contribution in [-0.4, -0.2) is 18.3 Å². The van der Waals surface area contributed by atoms with Crippen molar-refractivity contribution in [2.45, 2.75) is 0 Å². The van der Waals surface area contributed by atoms with E-state index in [2.05, 4.69) is 4.74 Å². The number of esters is 1. The SMILES string of the molecule is COC(=O)c1ccc2c[n+](O)ccc2c1. The molecule has 0 spiro atoms. The van der Waals surface area contributed by atoms with Gasteiger partial charge in [-0.1, -0.05) is 0 Å². The van der Waals surface area contributed by atoms with E-state index in [4.69, 9.17) is 0 Å². The third-order valence-electron chi connectivity index (χ3n) is 2.19. The summed E-state index contributed by atoms with van der Waals surface area (Å²) in [5, 5.41) is 10.9. The summed E-state index contributed by atoms with van der Waals surface area (Å²) < 4.78 is 5.59. The molecule has 0 radical (unpaired) electrons. The van der Waals surface area contributed by atoms with E-state index >= 15 is 0 Å². The average molecular weight is 204 g/mol. The topological polar surface area (TPSA) is 50.4 Å². The molecule has 0 aliphatic carbocycles. The average Bonchev–Trinajstić information content (AvgIpc) is 2.27. The number of rotatable bonds is 1. The van der Waals surface area contributed by atoms with E-state index in [9.17, 15) is 10.0 Å². The van der Waals surface area contributed by atoms with Gasteiger partial charge in [-0.15, -0.1) is 0 Å². The van der Waals surface area contributed by atoms with E-state index in [0.29, 0.717) is 5.56 Å². The van der Waals surface area contributed by atoms with Gasteiger partial charge in [-0.2, -0.15) is 0 Å². The molecule has 0 aliphatic heterocycles. The summed E-state index contributed by atoms with van der Waals surface area (Å²) in [5.74, 6) is -0.363. The van der Waals surface area contributed by atoms with Crippen LogP contribution in [0.5, 0.6) is 0 Å². The number of aromatic nitrogens is 1. The predicted octanol–water partition coefficient (Wildman–Crippen LogP) is 1.15. The summed E-state index contributed by atoms with van der Waals surface area (Å²) in [6, 6.07) is 6.87. The van der Waals surface area contributed by atoms with Crippen LogP contribution in [0.1, 0.15) is 10.4 Å². The van der Waals surface area contributed by atoms with Crippen molar-refractivity contribution < 1.29 is 19.5 Å². The second-order valence-corrected chi connectivity index (χ2v) is 3.16. The van der Waals surface area contributed by atoms with Gasteiger partial charge in [0.25, 0.3) is 0 Å². The van der Waals surface area contributed by atoms with E-state index in [1.54, 1.807) is 30.5 Å². The summed E-state index contributed by atoms with van der Waals surface area (Å²) in [4.78, 5) is 11.2. The monoisotopic (exact) mass is 204 g/mol. The highest BCUT2D eigenvalue weighted by Crippen LogP contribution is 2.14. The van der Waals surface area contributed by atoms with Gasteiger partial charge >= 0.3 is 5.97 Å². The zero-order valence-corrected chi connectivity index (χ0v) is 8.18. The normalized spacial score (nSPS) is 10.2. The highest BCUT2D eigenvalue weighted by Gasteiger charge is 2.07. The fourth-order valence-corrected chi connectivity index (χ4v) is 1.42. The number of hydrogen-bond acceptors (Lipinski definition) is 3. The number of ether oxygens (including phenoxy) is 1. The highest BCUT2D eigenvalue weighted by atomic mass is 16.5. The zero-order valence-electron chi connectivity index (χ0n) is 8.18. The highest BCUT2D eigenvalue weighted by molar-refractivity contribution is 5.94. The summed E-state index contributed by atoms with van der Waals surface area (Å²) in [6.07, 6.45) is 3.07. The molecular weight excluding hydrogens is 194 g/mol. The second-order valence-electron chi connectivity index (χ2n) is 3.16. The molecule has 0 unspecified atom stereocenters. The molecule has 0 fully saturated rings. The van der Waals surface area contributed by atoms with Crippen molar-refractivity contribution in [3.8, 4) is 0 Å². The Bertz CT molecular complexity index is 522. The van der Waals surface area contributed by atoms with Crippen LogP contribution in [0.15, 0.2) is 36.7 Å². The fourth-order valence-electron chi connectivity index (χ4n) is 1.42. The third kappa shape index (κ3) is 1.74. The molecule has 0 saturated carbocycles. The van der Waals surface area contributed by atoms with Crippen LogP contribution in [0.3, 0.4) is 0 Å². The Balaban J connectivity index is 2.57. The number of fused-ring (bicyclic) bond motifs is 1. The molecule has 1 N–H and O–H groups in total. The lowest BCUT2D eigenvalue weighted by Crippen LogP contribution is -2.27. The molecule has 15 heavy (non-hydrogen) atoms. The molecule has 1 aromatic carbocycles. The van der Waals surface area contributed by atoms with Crippen molar-refractivity contribution in [2.24, 2.45) is 0 Å². The molecule has 2 rings (SSSR count). The van der Waals surface area contributed by atoms with E-state index in [-0.39, 0.29) is 5.97 Å². The van der Waals surface area contributed by atoms with Gasteiger partial charge in [0.05, 0.1) is 18.1 Å². The predicted molar refractivity (Wildman–Crippen MR) is 52.7 cm³/mol. The Hall–Kier alpha value is -2.10. The van der Waals surface area contributed by atoms with Gasteiger partial charge in [0, 0.05) is 10.8 Å². The molecule has 76 valence electrons. The van der Waals surface area contributed by atoms with Crippen molar-refractivity contribution in [1.82, 2.24) is 0 Å². The summed E-state index contributed by atoms with van der Waals surface area (Å²) in [7, 11) is 1.35. The van der Waals surface area contributed by atoms with Gasteiger partial charge in [0.1, 0.15) is 0 Å². The molecule has 0 bridgehead atoms. The Morgan fingerprint density at radius 1 is 1.33 bits per heavy atom. The summed E-state index contributed by atoms with van der Waals surface area (Å²) in [5.41, 5.74) is 0.501. The van der Waals surface area contributed by atoms with Crippen LogP contribution in [0, 0.1) is 0 Å². The zero-order chi connectivity index (χ0) is 10.8. The summed E-state index contributed by atoms with van der Waals surface area (Å²) in [6.45, 7) is 0. The molecule has 4 nitrogen and oxygen atoms in total. The number of benzene rings is 1. The minimum absolute atomic E-state index is 0.363. The van der Waals surface area contributed by atoms with Crippen molar-refractivity contribution in [3.63, 3.8) is 0 Å². The Labute approximate surface area is 86.3 Å². The Kier molecular flexibility index (Phi) is 2.25. The number of pyridine rings is 1. The molecule has 0 aliphatic rings. The Morgan fingerprint density at radius 2 is 2.13 bits per heavy atom. The lowest BCUT2D eigenvalue weighted by molar-refractivity contribution is -0.903. The largest absolute Gasteiger partial charge is 0.465 e. The maximum atomic E-state index is 11.2. The van der Waals surface area contributed by atoms with Crippen LogP contribution < -0.4 is 4.73 Å². The minimum Gasteiger partial charge on any atom is -0.465 e. The molecule has 1 aromatic heterocycles. The number of carbonyl (C=O) groups is 1.